The molecular weight excluding hydrogens is 226 g/mol. The Hall–Kier alpha value is -1.94. The minimum absolute atomic E-state index is 0.108. The molecule has 0 aliphatic carbocycles. The van der Waals surface area contributed by atoms with E-state index in [1.807, 2.05) is 37.4 Å². The van der Waals surface area contributed by atoms with Crippen molar-refractivity contribution in [2.45, 2.75) is 6.42 Å². The van der Waals surface area contributed by atoms with E-state index < -0.39 is 0 Å². The van der Waals surface area contributed by atoms with Crippen molar-refractivity contribution in [2.75, 3.05) is 20.1 Å². The number of fused-ring (bicyclic) bond motifs is 1. The number of nitrogens with zero attached hydrogens (tertiary/aromatic N) is 1. The summed E-state index contributed by atoms with van der Waals surface area (Å²) in [5.74, 6) is -0.108. The summed E-state index contributed by atoms with van der Waals surface area (Å²) in [4.78, 5) is 16.2. The van der Waals surface area contributed by atoms with Crippen molar-refractivity contribution in [2.24, 2.45) is 0 Å². The maximum absolute atomic E-state index is 12.0. The first kappa shape index (κ1) is 12.5. The molecule has 1 aromatic carbocycles. The summed E-state index contributed by atoms with van der Waals surface area (Å²) >= 11 is 0. The first-order valence-electron chi connectivity index (χ1n) is 6.09. The van der Waals surface area contributed by atoms with Gasteiger partial charge in [-0.2, -0.15) is 0 Å². The van der Waals surface area contributed by atoms with Gasteiger partial charge in [0, 0.05) is 18.1 Å². The molecule has 1 amide bonds. The zero-order valence-corrected chi connectivity index (χ0v) is 10.4. The second-order valence-corrected chi connectivity index (χ2v) is 4.09. The number of rotatable bonds is 5. The number of carbonyl (C=O) groups is 1. The van der Waals surface area contributed by atoms with Crippen LogP contribution in [-0.4, -0.2) is 31.0 Å². The van der Waals surface area contributed by atoms with Crippen LogP contribution in [0.3, 0.4) is 0 Å². The van der Waals surface area contributed by atoms with E-state index in [0.717, 1.165) is 23.7 Å². The van der Waals surface area contributed by atoms with Gasteiger partial charge in [-0.3, -0.25) is 9.78 Å². The van der Waals surface area contributed by atoms with E-state index in [9.17, 15) is 4.79 Å². The molecule has 4 nitrogen and oxygen atoms in total. The molecule has 0 fully saturated rings. The Morgan fingerprint density at radius 3 is 2.89 bits per heavy atom. The highest BCUT2D eigenvalue weighted by atomic mass is 16.1. The molecule has 0 aliphatic rings. The molecule has 0 saturated heterocycles. The molecule has 0 atom stereocenters. The van der Waals surface area contributed by atoms with E-state index in [4.69, 9.17) is 0 Å². The molecule has 1 aromatic heterocycles. The molecule has 18 heavy (non-hydrogen) atoms. The Morgan fingerprint density at radius 2 is 2.06 bits per heavy atom. The van der Waals surface area contributed by atoms with Crippen LogP contribution >= 0.6 is 0 Å². The molecule has 2 N–H and O–H groups in total. The number of nitrogens with one attached hydrogen (secondary N) is 2. The molecule has 0 saturated carbocycles. The van der Waals surface area contributed by atoms with Crippen molar-refractivity contribution in [1.29, 1.82) is 0 Å². The van der Waals surface area contributed by atoms with Crippen molar-refractivity contribution in [3.8, 4) is 0 Å². The topological polar surface area (TPSA) is 54.0 Å². The second-order valence-electron chi connectivity index (χ2n) is 4.09. The highest BCUT2D eigenvalue weighted by Gasteiger charge is 2.10. The summed E-state index contributed by atoms with van der Waals surface area (Å²) in [5.41, 5.74) is 0.498. The highest BCUT2D eigenvalue weighted by molar-refractivity contribution is 6.05. The molecule has 0 unspecified atom stereocenters. The van der Waals surface area contributed by atoms with E-state index in [1.54, 1.807) is 6.20 Å². The minimum atomic E-state index is -0.108. The van der Waals surface area contributed by atoms with Gasteiger partial charge in [0.2, 0.25) is 0 Å². The average molecular weight is 243 g/mol. The Morgan fingerprint density at radius 1 is 1.22 bits per heavy atom. The van der Waals surface area contributed by atoms with Gasteiger partial charge in [0.05, 0.1) is 0 Å². The molecule has 0 aliphatic heterocycles. The lowest BCUT2D eigenvalue weighted by Gasteiger charge is -2.06. The van der Waals surface area contributed by atoms with E-state index in [2.05, 4.69) is 15.6 Å². The summed E-state index contributed by atoms with van der Waals surface area (Å²) in [6, 6.07) is 9.69. The van der Waals surface area contributed by atoms with Crippen LogP contribution in [0.1, 0.15) is 16.9 Å². The maximum Gasteiger partial charge on any atom is 0.270 e. The van der Waals surface area contributed by atoms with Crippen LogP contribution in [0.4, 0.5) is 0 Å². The van der Waals surface area contributed by atoms with E-state index in [0.29, 0.717) is 12.2 Å². The van der Waals surface area contributed by atoms with Crippen molar-refractivity contribution >= 4 is 16.7 Å². The average Bonchev–Trinajstić information content (AvgIpc) is 2.43. The SMILES string of the molecule is CNCCCNC(=O)c1nccc2ccccc12. The summed E-state index contributed by atoms with van der Waals surface area (Å²) < 4.78 is 0. The number of carbonyl (C=O) groups excluding carboxylic acids is 1. The summed E-state index contributed by atoms with van der Waals surface area (Å²) in [7, 11) is 1.90. The molecular formula is C14H17N3O. The van der Waals surface area contributed by atoms with Crippen LogP contribution < -0.4 is 10.6 Å². The first-order valence-corrected chi connectivity index (χ1v) is 6.09. The summed E-state index contributed by atoms with van der Waals surface area (Å²) in [6.07, 6.45) is 2.58. The Kier molecular flexibility index (Phi) is 4.25. The van der Waals surface area contributed by atoms with Crippen LogP contribution in [0.2, 0.25) is 0 Å². The summed E-state index contributed by atoms with van der Waals surface area (Å²) in [5, 5.41) is 7.86. The fourth-order valence-electron chi connectivity index (χ4n) is 1.85. The molecule has 4 heteroatoms. The predicted octanol–water partition coefficient (Wildman–Crippen LogP) is 1.57. The van der Waals surface area contributed by atoms with Gasteiger partial charge in [0.1, 0.15) is 5.69 Å². The van der Waals surface area contributed by atoms with Gasteiger partial charge in [-0.05, 0) is 31.5 Å². The fraction of sp³-hybridized carbons (Fsp3) is 0.286. The lowest BCUT2D eigenvalue weighted by molar-refractivity contribution is 0.0950. The number of hydrogen-bond acceptors (Lipinski definition) is 3. The maximum atomic E-state index is 12.0. The van der Waals surface area contributed by atoms with E-state index in [1.165, 1.54) is 0 Å². The third-order valence-corrected chi connectivity index (χ3v) is 2.78. The molecule has 1 heterocycles. The van der Waals surface area contributed by atoms with Gasteiger partial charge in [-0.25, -0.2) is 0 Å². The van der Waals surface area contributed by atoms with Gasteiger partial charge in [-0.1, -0.05) is 24.3 Å². The summed E-state index contributed by atoms with van der Waals surface area (Å²) in [6.45, 7) is 1.55. The number of pyridine rings is 1. The molecule has 94 valence electrons. The van der Waals surface area contributed by atoms with Crippen LogP contribution in [0, 0.1) is 0 Å². The fourth-order valence-corrected chi connectivity index (χ4v) is 1.85. The van der Waals surface area contributed by atoms with Crippen LogP contribution in [0.5, 0.6) is 0 Å². The second kappa shape index (κ2) is 6.12. The lowest BCUT2D eigenvalue weighted by Crippen LogP contribution is -2.27. The highest BCUT2D eigenvalue weighted by Crippen LogP contribution is 2.15. The van der Waals surface area contributed by atoms with Crippen molar-refractivity contribution in [1.82, 2.24) is 15.6 Å². The van der Waals surface area contributed by atoms with Crippen LogP contribution in [-0.2, 0) is 0 Å². The quantitative estimate of drug-likeness (QED) is 0.784. The standard InChI is InChI=1S/C14H17N3O/c1-15-8-4-9-17-14(18)13-12-6-3-2-5-11(12)7-10-16-13/h2-3,5-7,10,15H,4,8-9H2,1H3,(H,17,18). The first-order chi connectivity index (χ1) is 8.83. The normalized spacial score (nSPS) is 10.5. The zero-order valence-electron chi connectivity index (χ0n) is 10.4. The number of aromatic nitrogens is 1. The largest absolute Gasteiger partial charge is 0.351 e. The Bertz CT molecular complexity index is 534. The third-order valence-electron chi connectivity index (χ3n) is 2.78. The molecule has 0 spiro atoms. The van der Waals surface area contributed by atoms with Crippen molar-refractivity contribution < 1.29 is 4.79 Å². The zero-order chi connectivity index (χ0) is 12.8. The van der Waals surface area contributed by atoms with Gasteiger partial charge in [-0.15, -0.1) is 0 Å². The van der Waals surface area contributed by atoms with E-state index in [-0.39, 0.29) is 5.91 Å². The van der Waals surface area contributed by atoms with Gasteiger partial charge < -0.3 is 10.6 Å². The molecule has 2 rings (SSSR count). The van der Waals surface area contributed by atoms with Crippen molar-refractivity contribution in [3.05, 3.63) is 42.2 Å². The Labute approximate surface area is 106 Å². The predicted molar refractivity (Wildman–Crippen MR) is 72.6 cm³/mol. The van der Waals surface area contributed by atoms with Gasteiger partial charge >= 0.3 is 0 Å². The Balaban J connectivity index is 2.13. The van der Waals surface area contributed by atoms with Crippen LogP contribution in [0.15, 0.2) is 36.5 Å². The monoisotopic (exact) mass is 243 g/mol. The molecule has 0 radical (unpaired) electrons. The molecule has 2 aromatic rings. The van der Waals surface area contributed by atoms with Crippen LogP contribution in [0.25, 0.3) is 10.8 Å². The molecule has 0 bridgehead atoms. The smallest absolute Gasteiger partial charge is 0.270 e. The lowest BCUT2D eigenvalue weighted by atomic mass is 10.1. The minimum Gasteiger partial charge on any atom is -0.351 e. The number of benzene rings is 1. The van der Waals surface area contributed by atoms with Crippen molar-refractivity contribution in [3.63, 3.8) is 0 Å². The number of amides is 1. The number of hydrogen-bond donors (Lipinski definition) is 2. The van der Waals surface area contributed by atoms with E-state index >= 15 is 0 Å². The van der Waals surface area contributed by atoms with Gasteiger partial charge in [0.25, 0.3) is 5.91 Å². The van der Waals surface area contributed by atoms with Gasteiger partial charge in [0.15, 0.2) is 0 Å². The third kappa shape index (κ3) is 2.84.